The highest BCUT2D eigenvalue weighted by Crippen LogP contribution is 2.20. The number of benzene rings is 1. The zero-order valence-corrected chi connectivity index (χ0v) is 16.9. The van der Waals surface area contributed by atoms with Gasteiger partial charge in [-0.05, 0) is 25.0 Å². The van der Waals surface area contributed by atoms with E-state index in [-0.39, 0.29) is 42.7 Å². The van der Waals surface area contributed by atoms with E-state index in [9.17, 15) is 14.0 Å². The number of nitrogens with one attached hydrogen (secondary N) is 2. The molecule has 2 N–H and O–H groups in total. The van der Waals surface area contributed by atoms with Gasteiger partial charge in [0.25, 0.3) is 5.91 Å². The van der Waals surface area contributed by atoms with Crippen molar-refractivity contribution < 1.29 is 23.2 Å². The van der Waals surface area contributed by atoms with Crippen LogP contribution in [0.25, 0.3) is 0 Å². The molecular formula is C20H23ClFN3O4. The van der Waals surface area contributed by atoms with Crippen LogP contribution in [-0.4, -0.2) is 23.6 Å². The largest absolute Gasteiger partial charge is 0.484 e. The average molecular weight is 424 g/mol. The SMILES string of the molecule is C=C(CCC(=O)NCc1cc(CCC)no1)NC(=O)COc1ccc(Cl)c(F)c1. The van der Waals surface area contributed by atoms with E-state index in [2.05, 4.69) is 22.4 Å². The summed E-state index contributed by atoms with van der Waals surface area (Å²) in [6.07, 6.45) is 2.21. The summed E-state index contributed by atoms with van der Waals surface area (Å²) < 4.78 is 23.7. The van der Waals surface area contributed by atoms with Gasteiger partial charge in [0.1, 0.15) is 11.6 Å². The fourth-order valence-electron chi connectivity index (χ4n) is 2.36. The van der Waals surface area contributed by atoms with E-state index >= 15 is 0 Å². The van der Waals surface area contributed by atoms with Crippen LogP contribution in [0.1, 0.15) is 37.6 Å². The van der Waals surface area contributed by atoms with Crippen LogP contribution < -0.4 is 15.4 Å². The van der Waals surface area contributed by atoms with Crippen molar-refractivity contribution in [2.75, 3.05) is 6.61 Å². The molecule has 9 heteroatoms. The second kappa shape index (κ2) is 11.2. The number of nitrogens with zero attached hydrogens (tertiary/aromatic N) is 1. The third-order valence-electron chi connectivity index (χ3n) is 3.80. The molecule has 7 nitrogen and oxygen atoms in total. The zero-order chi connectivity index (χ0) is 21.2. The second-order valence-corrected chi connectivity index (χ2v) is 6.73. The number of amides is 2. The fourth-order valence-corrected chi connectivity index (χ4v) is 2.48. The molecule has 0 aliphatic carbocycles. The lowest BCUT2D eigenvalue weighted by Gasteiger charge is -2.10. The van der Waals surface area contributed by atoms with Crippen LogP contribution >= 0.6 is 11.6 Å². The highest BCUT2D eigenvalue weighted by atomic mass is 35.5. The first-order chi connectivity index (χ1) is 13.9. The van der Waals surface area contributed by atoms with Crippen molar-refractivity contribution in [2.24, 2.45) is 0 Å². The van der Waals surface area contributed by atoms with E-state index in [1.165, 1.54) is 12.1 Å². The van der Waals surface area contributed by atoms with E-state index < -0.39 is 11.7 Å². The summed E-state index contributed by atoms with van der Waals surface area (Å²) in [4.78, 5) is 23.8. The number of halogens is 2. The van der Waals surface area contributed by atoms with Crippen molar-refractivity contribution in [3.63, 3.8) is 0 Å². The molecule has 2 amide bonds. The molecule has 0 radical (unpaired) electrons. The molecule has 29 heavy (non-hydrogen) atoms. The fraction of sp³-hybridized carbons (Fsp3) is 0.350. The molecule has 0 aliphatic heterocycles. The first-order valence-electron chi connectivity index (χ1n) is 9.14. The topological polar surface area (TPSA) is 93.5 Å². The smallest absolute Gasteiger partial charge is 0.262 e. The molecule has 0 unspecified atom stereocenters. The summed E-state index contributed by atoms with van der Waals surface area (Å²) in [6.45, 7) is 5.69. The van der Waals surface area contributed by atoms with Gasteiger partial charge in [-0.15, -0.1) is 0 Å². The molecule has 0 saturated heterocycles. The molecule has 1 aromatic heterocycles. The molecule has 2 rings (SSSR count). The van der Waals surface area contributed by atoms with E-state index in [1.54, 1.807) is 0 Å². The van der Waals surface area contributed by atoms with Crippen LogP contribution in [0.3, 0.4) is 0 Å². The summed E-state index contributed by atoms with van der Waals surface area (Å²) in [5.74, 6) is -0.532. The monoisotopic (exact) mass is 423 g/mol. The lowest BCUT2D eigenvalue weighted by atomic mass is 10.2. The Morgan fingerprint density at radius 3 is 2.79 bits per heavy atom. The second-order valence-electron chi connectivity index (χ2n) is 6.33. The van der Waals surface area contributed by atoms with Gasteiger partial charge in [-0.2, -0.15) is 0 Å². The molecule has 0 saturated carbocycles. The van der Waals surface area contributed by atoms with Gasteiger partial charge in [-0.1, -0.05) is 36.7 Å². The van der Waals surface area contributed by atoms with Gasteiger partial charge < -0.3 is 19.9 Å². The van der Waals surface area contributed by atoms with E-state index in [0.717, 1.165) is 24.6 Å². The highest BCUT2D eigenvalue weighted by molar-refractivity contribution is 6.30. The molecule has 156 valence electrons. The Morgan fingerprint density at radius 2 is 2.07 bits per heavy atom. The highest BCUT2D eigenvalue weighted by Gasteiger charge is 2.10. The molecule has 1 aromatic carbocycles. The molecule has 0 fully saturated rings. The number of rotatable bonds is 11. The van der Waals surface area contributed by atoms with Crippen LogP contribution in [0.5, 0.6) is 5.75 Å². The molecule has 0 atom stereocenters. The number of aryl methyl sites for hydroxylation is 1. The van der Waals surface area contributed by atoms with Crippen LogP contribution in [-0.2, 0) is 22.6 Å². The Bertz CT molecular complexity index is 869. The Hall–Kier alpha value is -2.87. The van der Waals surface area contributed by atoms with Crippen LogP contribution in [0, 0.1) is 5.82 Å². The standard InChI is InChI=1S/C20H23ClFN3O4/c1-3-4-14-9-16(29-25-14)11-23-19(26)8-5-13(2)24-20(27)12-28-15-6-7-17(21)18(22)10-15/h6-7,9-10H,2-5,8,11-12H2,1H3,(H,23,26)(H,24,27). The summed E-state index contributed by atoms with van der Waals surface area (Å²) in [6, 6.07) is 5.70. The summed E-state index contributed by atoms with van der Waals surface area (Å²) in [5.41, 5.74) is 1.23. The first kappa shape index (κ1) is 22.4. The molecule has 2 aromatic rings. The Balaban J connectivity index is 1.64. The minimum absolute atomic E-state index is 0.0295. The first-order valence-corrected chi connectivity index (χ1v) is 9.51. The maximum atomic E-state index is 13.3. The Labute approximate surface area is 173 Å². The minimum atomic E-state index is -0.632. The number of aromatic nitrogens is 1. The van der Waals surface area contributed by atoms with Crippen LogP contribution in [0.4, 0.5) is 4.39 Å². The van der Waals surface area contributed by atoms with E-state index in [4.69, 9.17) is 20.9 Å². The Kier molecular flexibility index (Phi) is 8.67. The van der Waals surface area contributed by atoms with Crippen molar-refractivity contribution >= 4 is 23.4 Å². The van der Waals surface area contributed by atoms with Gasteiger partial charge >= 0.3 is 0 Å². The third kappa shape index (κ3) is 7.95. The van der Waals surface area contributed by atoms with Crippen molar-refractivity contribution in [1.29, 1.82) is 0 Å². The Morgan fingerprint density at radius 1 is 1.28 bits per heavy atom. The number of allylic oxidation sites excluding steroid dienone is 1. The van der Waals surface area contributed by atoms with Crippen molar-refractivity contribution in [3.05, 3.63) is 58.8 Å². The number of carbonyl (C=O) groups excluding carboxylic acids is 2. The lowest BCUT2D eigenvalue weighted by Crippen LogP contribution is -2.29. The predicted octanol–water partition coefficient (Wildman–Crippen LogP) is 3.52. The summed E-state index contributed by atoms with van der Waals surface area (Å²) >= 11 is 5.58. The van der Waals surface area contributed by atoms with Gasteiger partial charge in [-0.3, -0.25) is 9.59 Å². The van der Waals surface area contributed by atoms with Crippen LogP contribution in [0.15, 0.2) is 41.1 Å². The molecule has 0 bridgehead atoms. The number of ether oxygens (including phenoxy) is 1. The number of hydrogen-bond donors (Lipinski definition) is 2. The van der Waals surface area contributed by atoms with Gasteiger partial charge in [-0.25, -0.2) is 4.39 Å². The quantitative estimate of drug-likeness (QED) is 0.576. The minimum Gasteiger partial charge on any atom is -0.484 e. The van der Waals surface area contributed by atoms with Gasteiger partial charge in [0.15, 0.2) is 12.4 Å². The summed E-state index contributed by atoms with van der Waals surface area (Å²) in [5, 5.41) is 9.14. The molecule has 1 heterocycles. The third-order valence-corrected chi connectivity index (χ3v) is 4.11. The zero-order valence-electron chi connectivity index (χ0n) is 16.1. The lowest BCUT2D eigenvalue weighted by molar-refractivity contribution is -0.123. The number of hydrogen-bond acceptors (Lipinski definition) is 5. The maximum Gasteiger partial charge on any atom is 0.262 e. The van der Waals surface area contributed by atoms with Gasteiger partial charge in [0.2, 0.25) is 5.91 Å². The van der Waals surface area contributed by atoms with Crippen molar-refractivity contribution in [1.82, 2.24) is 15.8 Å². The molecule has 0 spiro atoms. The van der Waals surface area contributed by atoms with Gasteiger partial charge in [0.05, 0.1) is 17.3 Å². The summed E-state index contributed by atoms with van der Waals surface area (Å²) in [7, 11) is 0. The van der Waals surface area contributed by atoms with Crippen molar-refractivity contribution in [3.8, 4) is 5.75 Å². The number of carbonyl (C=O) groups is 2. The molecular weight excluding hydrogens is 401 g/mol. The average Bonchev–Trinajstić information content (AvgIpc) is 3.13. The normalized spacial score (nSPS) is 10.4. The van der Waals surface area contributed by atoms with Gasteiger partial charge in [0, 0.05) is 24.3 Å². The van der Waals surface area contributed by atoms with Crippen molar-refractivity contribution in [2.45, 2.75) is 39.2 Å². The molecule has 0 aliphatic rings. The predicted molar refractivity (Wildman–Crippen MR) is 106 cm³/mol. The van der Waals surface area contributed by atoms with E-state index in [0.29, 0.717) is 11.5 Å². The maximum absolute atomic E-state index is 13.3. The van der Waals surface area contributed by atoms with E-state index in [1.807, 2.05) is 13.0 Å². The van der Waals surface area contributed by atoms with Crippen LogP contribution in [0.2, 0.25) is 5.02 Å².